The molecule has 0 saturated heterocycles. The Morgan fingerprint density at radius 2 is 1.60 bits per heavy atom. The van der Waals surface area contributed by atoms with Crippen molar-refractivity contribution in [1.29, 1.82) is 0 Å². The average molecular weight is 378 g/mol. The van der Waals surface area contributed by atoms with Crippen molar-refractivity contribution in [3.8, 4) is 5.75 Å². The summed E-state index contributed by atoms with van der Waals surface area (Å²) in [4.78, 5) is 24.3. The number of Topliss-reactive ketones (excluding diaryl/α,β-unsaturated/α-hetero) is 1. The van der Waals surface area contributed by atoms with E-state index in [9.17, 15) is 18.0 Å². The van der Waals surface area contributed by atoms with E-state index in [1.807, 2.05) is 12.1 Å². The molecule has 0 radical (unpaired) electrons. The highest BCUT2D eigenvalue weighted by Gasteiger charge is 2.12. The first-order valence-corrected chi connectivity index (χ1v) is 10.3. The van der Waals surface area contributed by atoms with Gasteiger partial charge in [-0.15, -0.1) is 0 Å². The van der Waals surface area contributed by atoms with Gasteiger partial charge < -0.3 is 4.74 Å². The Balaban J connectivity index is 1.89. The summed E-state index contributed by atoms with van der Waals surface area (Å²) in [6, 6.07) is 12.9. The largest absolute Gasteiger partial charge is 0.497 e. The summed E-state index contributed by atoms with van der Waals surface area (Å²) in [5.74, 6) is 0.525. The van der Waals surface area contributed by atoms with Crippen LogP contribution in [0, 0.1) is 0 Å². The third-order valence-electron chi connectivity index (χ3n) is 3.48. The fourth-order valence-corrected chi connectivity index (χ4v) is 3.44. The maximum absolute atomic E-state index is 12.1. The Hall–Kier alpha value is -2.12. The maximum atomic E-state index is 12.1. The number of rotatable bonds is 7. The molecule has 2 aromatic carbocycles. The van der Waals surface area contributed by atoms with E-state index in [1.165, 1.54) is 24.3 Å². The van der Waals surface area contributed by atoms with Crippen molar-refractivity contribution in [2.75, 3.05) is 19.1 Å². The number of carbonyl (C=O) groups is 2. The first-order valence-electron chi connectivity index (χ1n) is 7.41. The van der Waals surface area contributed by atoms with Gasteiger partial charge >= 0.3 is 0 Å². The maximum Gasteiger partial charge on any atom is 0.193 e. The molecule has 0 bridgehead atoms. The van der Waals surface area contributed by atoms with Gasteiger partial charge in [0.1, 0.15) is 5.75 Å². The second kappa shape index (κ2) is 8.31. The lowest BCUT2D eigenvalue weighted by atomic mass is 10.1. The van der Waals surface area contributed by atoms with E-state index >= 15 is 0 Å². The van der Waals surface area contributed by atoms with Crippen LogP contribution in [-0.4, -0.2) is 38.4 Å². The quantitative estimate of drug-likeness (QED) is 0.690. The summed E-state index contributed by atoms with van der Waals surface area (Å²) in [5, 5.41) is -0.105. The van der Waals surface area contributed by atoms with Crippen LogP contribution in [0.2, 0.25) is 0 Å². The normalized spacial score (nSPS) is 11.1. The molecule has 0 atom stereocenters. The number of hydrogen-bond acceptors (Lipinski definition) is 6. The number of ketones is 1. The van der Waals surface area contributed by atoms with Crippen molar-refractivity contribution in [1.82, 2.24) is 0 Å². The monoisotopic (exact) mass is 378 g/mol. The Labute approximate surface area is 151 Å². The summed E-state index contributed by atoms with van der Waals surface area (Å²) in [7, 11) is -1.72. The van der Waals surface area contributed by atoms with Crippen molar-refractivity contribution < 1.29 is 22.7 Å². The summed E-state index contributed by atoms with van der Waals surface area (Å²) in [6.07, 6.45) is 1.34. The van der Waals surface area contributed by atoms with E-state index in [0.717, 1.165) is 29.3 Å². The van der Waals surface area contributed by atoms with Crippen LogP contribution in [0.1, 0.15) is 15.9 Å². The topological polar surface area (TPSA) is 77.5 Å². The van der Waals surface area contributed by atoms with Crippen LogP contribution in [0.25, 0.3) is 0 Å². The van der Waals surface area contributed by atoms with E-state index < -0.39 is 9.84 Å². The van der Waals surface area contributed by atoms with Gasteiger partial charge in [-0.2, -0.15) is 0 Å². The highest BCUT2D eigenvalue weighted by molar-refractivity contribution is 8.14. The standard InChI is InChI=1S/C18H18O5S2/c1-23-15-7-3-13(4-8-15)11-18(20)24-12-17(19)14-5-9-16(10-6-14)25(2,21)22/h3-10H,11-12H2,1-2H3. The van der Waals surface area contributed by atoms with E-state index in [4.69, 9.17) is 4.74 Å². The molecule has 2 rings (SSSR count). The molecule has 0 saturated carbocycles. The SMILES string of the molecule is COc1ccc(CC(=O)SCC(=O)c2ccc(S(C)(=O)=O)cc2)cc1. The molecule has 0 N–H and O–H groups in total. The molecule has 25 heavy (non-hydrogen) atoms. The number of sulfone groups is 1. The summed E-state index contributed by atoms with van der Waals surface area (Å²) in [5.41, 5.74) is 1.24. The van der Waals surface area contributed by atoms with Crippen molar-refractivity contribution in [2.45, 2.75) is 11.3 Å². The zero-order valence-electron chi connectivity index (χ0n) is 13.9. The molecule has 0 fully saturated rings. The molecule has 0 heterocycles. The molecule has 0 amide bonds. The number of benzene rings is 2. The van der Waals surface area contributed by atoms with E-state index in [0.29, 0.717) is 5.56 Å². The first-order chi connectivity index (χ1) is 11.8. The minimum Gasteiger partial charge on any atom is -0.497 e. The van der Waals surface area contributed by atoms with Gasteiger partial charge in [-0.25, -0.2) is 8.42 Å². The summed E-state index contributed by atoms with van der Waals surface area (Å²) >= 11 is 0.956. The summed E-state index contributed by atoms with van der Waals surface area (Å²) in [6.45, 7) is 0. The molecule has 0 spiro atoms. The number of carbonyl (C=O) groups excluding carboxylic acids is 2. The van der Waals surface area contributed by atoms with Gasteiger partial charge in [-0.3, -0.25) is 9.59 Å². The Morgan fingerprint density at radius 3 is 2.12 bits per heavy atom. The number of methoxy groups -OCH3 is 1. The second-order valence-corrected chi connectivity index (χ2v) is 8.45. The fourth-order valence-electron chi connectivity index (χ4n) is 2.08. The van der Waals surface area contributed by atoms with Gasteiger partial charge in [-0.05, 0) is 29.8 Å². The summed E-state index contributed by atoms with van der Waals surface area (Å²) < 4.78 is 27.9. The molecular weight excluding hydrogens is 360 g/mol. The molecule has 0 aliphatic carbocycles. The predicted octanol–water partition coefficient (Wildman–Crippen LogP) is 2.78. The van der Waals surface area contributed by atoms with Crippen molar-refractivity contribution in [3.63, 3.8) is 0 Å². The highest BCUT2D eigenvalue weighted by atomic mass is 32.2. The van der Waals surface area contributed by atoms with Crippen LogP contribution in [0.15, 0.2) is 53.4 Å². The van der Waals surface area contributed by atoms with E-state index in [1.54, 1.807) is 19.2 Å². The minimum atomic E-state index is -3.29. The lowest BCUT2D eigenvalue weighted by Gasteiger charge is -2.04. The zero-order valence-corrected chi connectivity index (χ0v) is 15.5. The number of thioether (sulfide) groups is 1. The number of hydrogen-bond donors (Lipinski definition) is 0. The molecule has 0 aliphatic heterocycles. The van der Waals surface area contributed by atoms with Crippen LogP contribution in [0.3, 0.4) is 0 Å². The Morgan fingerprint density at radius 1 is 1.00 bits per heavy atom. The molecule has 0 aromatic heterocycles. The van der Waals surface area contributed by atoms with Gasteiger partial charge in [0.05, 0.1) is 17.8 Å². The Bertz CT molecular complexity index is 853. The third kappa shape index (κ3) is 5.72. The third-order valence-corrected chi connectivity index (χ3v) is 5.48. The van der Waals surface area contributed by atoms with Crippen molar-refractivity contribution in [3.05, 3.63) is 59.7 Å². The van der Waals surface area contributed by atoms with Gasteiger partial charge in [0.25, 0.3) is 0 Å². The van der Waals surface area contributed by atoms with Gasteiger partial charge in [-0.1, -0.05) is 36.0 Å². The van der Waals surface area contributed by atoms with Crippen molar-refractivity contribution in [2.24, 2.45) is 0 Å². The van der Waals surface area contributed by atoms with Crippen LogP contribution >= 0.6 is 11.8 Å². The molecular formula is C18H18O5S2. The first kappa shape index (κ1) is 19.2. The minimum absolute atomic E-state index is 0.0210. The van der Waals surface area contributed by atoms with Gasteiger partial charge in [0.2, 0.25) is 0 Å². The van der Waals surface area contributed by atoms with Gasteiger partial charge in [0, 0.05) is 18.2 Å². The van der Waals surface area contributed by atoms with Crippen LogP contribution < -0.4 is 4.74 Å². The Kier molecular flexibility index (Phi) is 6.39. The van der Waals surface area contributed by atoms with Crippen LogP contribution in [0.5, 0.6) is 5.75 Å². The number of ether oxygens (including phenoxy) is 1. The second-order valence-electron chi connectivity index (χ2n) is 5.41. The molecule has 132 valence electrons. The molecule has 5 nitrogen and oxygen atoms in total. The van der Waals surface area contributed by atoms with E-state index in [-0.39, 0.29) is 28.0 Å². The highest BCUT2D eigenvalue weighted by Crippen LogP contribution is 2.16. The predicted molar refractivity (Wildman–Crippen MR) is 98.0 cm³/mol. The van der Waals surface area contributed by atoms with Gasteiger partial charge in [0.15, 0.2) is 20.7 Å². The van der Waals surface area contributed by atoms with Crippen molar-refractivity contribution >= 4 is 32.5 Å². The lowest BCUT2D eigenvalue weighted by Crippen LogP contribution is -2.07. The molecule has 7 heteroatoms. The fraction of sp³-hybridized carbons (Fsp3) is 0.222. The molecule has 0 aliphatic rings. The van der Waals surface area contributed by atoms with Crippen LogP contribution in [0.4, 0.5) is 0 Å². The van der Waals surface area contributed by atoms with E-state index in [2.05, 4.69) is 0 Å². The zero-order chi connectivity index (χ0) is 18.4. The smallest absolute Gasteiger partial charge is 0.193 e. The average Bonchev–Trinajstić information content (AvgIpc) is 2.59. The lowest BCUT2D eigenvalue weighted by molar-refractivity contribution is -0.110. The molecule has 2 aromatic rings. The molecule has 0 unspecified atom stereocenters. The van der Waals surface area contributed by atoms with Crippen LogP contribution in [-0.2, 0) is 21.1 Å².